The average molecular weight is 339 g/mol. The molecule has 1 aromatic heterocycles. The monoisotopic (exact) mass is 338 g/mol. The van der Waals surface area contributed by atoms with Crippen molar-refractivity contribution in [3.05, 3.63) is 34.6 Å². The quantitative estimate of drug-likeness (QED) is 0.780. The number of rotatable bonds is 5. The summed E-state index contributed by atoms with van der Waals surface area (Å²) in [6, 6.07) is 7.55. The van der Waals surface area contributed by atoms with Crippen molar-refractivity contribution in [1.82, 2.24) is 10.1 Å². The molecule has 0 spiro atoms. The van der Waals surface area contributed by atoms with Crippen LogP contribution in [0.1, 0.15) is 32.1 Å². The third-order valence-electron chi connectivity index (χ3n) is 2.82. The highest BCUT2D eigenvalue weighted by Crippen LogP contribution is 2.24. The summed E-state index contributed by atoms with van der Waals surface area (Å²) in [4.78, 5) is 16.1. The van der Waals surface area contributed by atoms with Crippen LogP contribution < -0.4 is 0 Å². The molecule has 2 aromatic rings. The number of esters is 1. The summed E-state index contributed by atoms with van der Waals surface area (Å²) in [5, 5.41) is 3.92. The average Bonchev–Trinajstić information content (AvgIpc) is 2.90. The minimum Gasteiger partial charge on any atom is -0.465 e. The zero-order valence-electron chi connectivity index (χ0n) is 11.3. The molecule has 0 N–H and O–H groups in total. The van der Waals surface area contributed by atoms with Gasteiger partial charge in [0, 0.05) is 10.0 Å². The van der Waals surface area contributed by atoms with Crippen molar-refractivity contribution in [1.29, 1.82) is 0 Å². The second-order valence-electron chi connectivity index (χ2n) is 4.18. The van der Waals surface area contributed by atoms with Gasteiger partial charge in [0.2, 0.25) is 11.7 Å². The van der Waals surface area contributed by atoms with E-state index in [1.165, 1.54) is 0 Å². The van der Waals surface area contributed by atoms with E-state index in [-0.39, 0.29) is 5.97 Å². The summed E-state index contributed by atoms with van der Waals surface area (Å²) in [7, 11) is 0. The molecular formula is C14H15BrN2O3. The highest BCUT2D eigenvalue weighted by Gasteiger charge is 2.26. The van der Waals surface area contributed by atoms with Gasteiger partial charge >= 0.3 is 5.97 Å². The summed E-state index contributed by atoms with van der Waals surface area (Å²) in [5.41, 5.74) is 0.835. The predicted octanol–water partition coefficient (Wildman–Crippen LogP) is 3.56. The minimum atomic E-state index is -0.508. The summed E-state index contributed by atoms with van der Waals surface area (Å²) in [5.74, 6) is -0.0771. The van der Waals surface area contributed by atoms with Crippen LogP contribution in [0.15, 0.2) is 33.3 Å². The maximum Gasteiger partial charge on any atom is 0.318 e. The van der Waals surface area contributed by atoms with Crippen LogP contribution in [-0.4, -0.2) is 22.7 Å². The van der Waals surface area contributed by atoms with Gasteiger partial charge in [-0.1, -0.05) is 28.0 Å². The van der Waals surface area contributed by atoms with Crippen LogP contribution in [0.4, 0.5) is 0 Å². The van der Waals surface area contributed by atoms with E-state index in [9.17, 15) is 4.79 Å². The van der Waals surface area contributed by atoms with Gasteiger partial charge < -0.3 is 9.26 Å². The zero-order valence-corrected chi connectivity index (χ0v) is 12.9. The number of aromatic nitrogens is 2. The molecule has 106 valence electrons. The molecule has 0 saturated heterocycles. The Balaban J connectivity index is 2.23. The summed E-state index contributed by atoms with van der Waals surface area (Å²) in [6.07, 6.45) is 0.556. The summed E-state index contributed by atoms with van der Waals surface area (Å²) in [6.45, 7) is 3.99. The van der Waals surface area contributed by atoms with Gasteiger partial charge in [0.25, 0.3) is 0 Å². The second-order valence-corrected chi connectivity index (χ2v) is 5.09. The minimum absolute atomic E-state index is 0.295. The van der Waals surface area contributed by atoms with E-state index in [0.717, 1.165) is 10.0 Å². The molecule has 0 bridgehead atoms. The Morgan fingerprint density at radius 3 is 2.65 bits per heavy atom. The fourth-order valence-electron chi connectivity index (χ4n) is 1.78. The van der Waals surface area contributed by atoms with Crippen molar-refractivity contribution in [2.75, 3.05) is 6.61 Å². The van der Waals surface area contributed by atoms with Gasteiger partial charge in [-0.15, -0.1) is 0 Å². The molecule has 0 aliphatic carbocycles. The lowest BCUT2D eigenvalue weighted by molar-refractivity contribution is -0.145. The molecule has 2 rings (SSSR count). The number of hydrogen-bond acceptors (Lipinski definition) is 5. The van der Waals surface area contributed by atoms with Crippen LogP contribution >= 0.6 is 15.9 Å². The molecule has 0 aliphatic heterocycles. The molecule has 1 atom stereocenters. The van der Waals surface area contributed by atoms with Crippen LogP contribution in [0.2, 0.25) is 0 Å². The van der Waals surface area contributed by atoms with E-state index in [1.807, 2.05) is 31.2 Å². The van der Waals surface area contributed by atoms with E-state index < -0.39 is 5.92 Å². The van der Waals surface area contributed by atoms with Gasteiger partial charge in [0.1, 0.15) is 5.92 Å². The van der Waals surface area contributed by atoms with Crippen LogP contribution in [0.5, 0.6) is 0 Å². The number of ether oxygens (including phenoxy) is 1. The van der Waals surface area contributed by atoms with Crippen LogP contribution in [0.3, 0.4) is 0 Å². The molecular weight excluding hydrogens is 324 g/mol. The molecule has 0 amide bonds. The normalized spacial score (nSPS) is 12.2. The molecule has 1 aromatic carbocycles. The number of hydrogen-bond donors (Lipinski definition) is 0. The Morgan fingerprint density at radius 1 is 1.35 bits per heavy atom. The topological polar surface area (TPSA) is 65.2 Å². The first-order chi connectivity index (χ1) is 9.65. The van der Waals surface area contributed by atoms with Crippen molar-refractivity contribution in [3.63, 3.8) is 0 Å². The van der Waals surface area contributed by atoms with Gasteiger partial charge in [0.15, 0.2) is 0 Å². The van der Waals surface area contributed by atoms with Crippen molar-refractivity contribution >= 4 is 21.9 Å². The van der Waals surface area contributed by atoms with Crippen molar-refractivity contribution in [2.24, 2.45) is 0 Å². The Morgan fingerprint density at radius 2 is 2.05 bits per heavy atom. The largest absolute Gasteiger partial charge is 0.465 e. The fraction of sp³-hybridized carbons (Fsp3) is 0.357. The molecule has 5 nitrogen and oxygen atoms in total. The number of nitrogens with zero attached hydrogens (tertiary/aromatic N) is 2. The lowest BCUT2D eigenvalue weighted by Gasteiger charge is -2.08. The maximum atomic E-state index is 11.8. The molecule has 0 saturated carbocycles. The van der Waals surface area contributed by atoms with Crippen LogP contribution in [0.25, 0.3) is 11.4 Å². The Labute approximate surface area is 125 Å². The maximum absolute atomic E-state index is 11.8. The number of benzene rings is 1. The SMILES string of the molecule is CCOC(=O)C(CC)c1nc(-c2ccc(Br)cc2)no1. The standard InChI is InChI=1S/C14H15BrN2O3/c1-3-11(14(18)19-4-2)13-16-12(17-20-13)9-5-7-10(15)8-6-9/h5-8,11H,3-4H2,1-2H3. The van der Waals surface area contributed by atoms with E-state index in [2.05, 4.69) is 26.1 Å². The van der Waals surface area contributed by atoms with Gasteiger partial charge in [-0.05, 0) is 37.6 Å². The molecule has 0 fully saturated rings. The molecule has 0 radical (unpaired) electrons. The van der Waals surface area contributed by atoms with Gasteiger partial charge in [0.05, 0.1) is 6.61 Å². The number of carbonyl (C=O) groups excluding carboxylic acids is 1. The van der Waals surface area contributed by atoms with Crippen LogP contribution in [-0.2, 0) is 9.53 Å². The molecule has 1 heterocycles. The van der Waals surface area contributed by atoms with Crippen molar-refractivity contribution in [2.45, 2.75) is 26.2 Å². The fourth-order valence-corrected chi connectivity index (χ4v) is 2.04. The predicted molar refractivity (Wildman–Crippen MR) is 77.1 cm³/mol. The summed E-state index contributed by atoms with van der Waals surface area (Å²) >= 11 is 3.37. The number of halogens is 1. The Kier molecular flexibility index (Phi) is 4.89. The summed E-state index contributed by atoms with van der Waals surface area (Å²) < 4.78 is 11.2. The lowest BCUT2D eigenvalue weighted by atomic mass is 10.1. The second kappa shape index (κ2) is 6.65. The van der Waals surface area contributed by atoms with E-state index in [4.69, 9.17) is 9.26 Å². The first-order valence-electron chi connectivity index (χ1n) is 6.41. The first kappa shape index (κ1) is 14.7. The van der Waals surface area contributed by atoms with E-state index >= 15 is 0 Å². The smallest absolute Gasteiger partial charge is 0.318 e. The molecule has 20 heavy (non-hydrogen) atoms. The first-order valence-corrected chi connectivity index (χ1v) is 7.21. The highest BCUT2D eigenvalue weighted by molar-refractivity contribution is 9.10. The Hall–Kier alpha value is -1.69. The van der Waals surface area contributed by atoms with Gasteiger partial charge in [-0.2, -0.15) is 4.98 Å². The molecule has 0 aliphatic rings. The lowest BCUT2D eigenvalue weighted by Crippen LogP contribution is -2.15. The van der Waals surface area contributed by atoms with E-state index in [0.29, 0.717) is 24.7 Å². The van der Waals surface area contributed by atoms with Crippen molar-refractivity contribution in [3.8, 4) is 11.4 Å². The van der Waals surface area contributed by atoms with Gasteiger partial charge in [-0.25, -0.2) is 0 Å². The Bertz CT molecular complexity index is 580. The third-order valence-corrected chi connectivity index (χ3v) is 3.35. The van der Waals surface area contributed by atoms with Crippen LogP contribution in [0, 0.1) is 0 Å². The molecule has 6 heteroatoms. The van der Waals surface area contributed by atoms with Crippen molar-refractivity contribution < 1.29 is 14.1 Å². The number of carbonyl (C=O) groups is 1. The third kappa shape index (κ3) is 3.25. The molecule has 1 unspecified atom stereocenters. The van der Waals surface area contributed by atoms with E-state index in [1.54, 1.807) is 6.92 Å². The highest BCUT2D eigenvalue weighted by atomic mass is 79.9. The van der Waals surface area contributed by atoms with Gasteiger partial charge in [-0.3, -0.25) is 4.79 Å². The zero-order chi connectivity index (χ0) is 14.5.